The number of imidazole rings is 1. The molecule has 3 heterocycles. The summed E-state index contributed by atoms with van der Waals surface area (Å²) in [6, 6.07) is 3.47. The Balaban J connectivity index is 1.96. The third kappa shape index (κ3) is 5.01. The Morgan fingerprint density at radius 1 is 1.26 bits per heavy atom. The second kappa shape index (κ2) is 10.7. The van der Waals surface area contributed by atoms with Crippen LogP contribution in [-0.4, -0.2) is 48.9 Å². The van der Waals surface area contributed by atoms with Crippen LogP contribution in [0.1, 0.15) is 57.2 Å². The number of halogens is 1. The highest BCUT2D eigenvalue weighted by molar-refractivity contribution is 6.30. The van der Waals surface area contributed by atoms with Gasteiger partial charge >= 0.3 is 0 Å². The average Bonchev–Trinajstić information content (AvgIpc) is 3.20. The lowest BCUT2D eigenvalue weighted by Gasteiger charge is -2.28. The largest absolute Gasteiger partial charge is 0.409 e. The molecule has 1 atom stereocenters. The number of hydrogen-bond donors (Lipinski definition) is 3. The molecular formula is C24H31ClN6O3. The number of nitrogens with two attached hydrogens (primary N) is 1. The Kier molecular flexibility index (Phi) is 7.65. The Morgan fingerprint density at radius 2 is 2.03 bits per heavy atom. The van der Waals surface area contributed by atoms with Gasteiger partial charge in [0, 0.05) is 31.1 Å². The SMILES string of the molecule is CCOC(CO)c1nc2cc(/C(N)=N/O)nc(-c3cncc(Cl)c3)c2n1C[C@H]1CC[C@H](C)CC1. The number of oxime groups is 1. The zero-order valence-corrected chi connectivity index (χ0v) is 20.2. The van der Waals surface area contributed by atoms with Crippen molar-refractivity contribution in [2.75, 3.05) is 13.2 Å². The van der Waals surface area contributed by atoms with Gasteiger partial charge in [0.15, 0.2) is 5.84 Å². The summed E-state index contributed by atoms with van der Waals surface area (Å²) in [7, 11) is 0. The number of rotatable bonds is 8. The van der Waals surface area contributed by atoms with Crippen LogP contribution in [0.2, 0.25) is 5.02 Å². The zero-order valence-electron chi connectivity index (χ0n) is 19.5. The summed E-state index contributed by atoms with van der Waals surface area (Å²) in [5.41, 5.74) is 8.84. The minimum atomic E-state index is -0.586. The minimum absolute atomic E-state index is 0.126. The Bertz CT molecular complexity index is 1170. The Hall–Kier alpha value is -2.75. The van der Waals surface area contributed by atoms with Crippen LogP contribution in [0.3, 0.4) is 0 Å². The molecule has 0 saturated heterocycles. The van der Waals surface area contributed by atoms with E-state index in [1.165, 1.54) is 12.8 Å². The molecule has 1 aliphatic carbocycles. The molecule has 4 N–H and O–H groups in total. The molecule has 34 heavy (non-hydrogen) atoms. The number of pyridine rings is 2. The molecule has 3 aromatic heterocycles. The first-order valence-electron chi connectivity index (χ1n) is 11.7. The third-order valence-corrected chi connectivity index (χ3v) is 6.71. The van der Waals surface area contributed by atoms with Crippen LogP contribution in [0.25, 0.3) is 22.3 Å². The summed E-state index contributed by atoms with van der Waals surface area (Å²) >= 11 is 6.25. The highest BCUT2D eigenvalue weighted by Crippen LogP contribution is 2.35. The molecule has 0 radical (unpaired) electrons. The first-order chi connectivity index (χ1) is 16.4. The average molecular weight is 487 g/mol. The van der Waals surface area contributed by atoms with Gasteiger partial charge in [-0.2, -0.15) is 0 Å². The quantitative estimate of drug-likeness (QED) is 0.189. The third-order valence-electron chi connectivity index (χ3n) is 6.50. The summed E-state index contributed by atoms with van der Waals surface area (Å²) in [4.78, 5) is 13.8. The van der Waals surface area contributed by atoms with Crippen molar-refractivity contribution in [3.05, 3.63) is 41.1 Å². The van der Waals surface area contributed by atoms with E-state index in [0.717, 1.165) is 30.8 Å². The topological polar surface area (TPSA) is 132 Å². The molecule has 0 aromatic carbocycles. The summed E-state index contributed by atoms with van der Waals surface area (Å²) in [5, 5.41) is 23.0. The number of hydrogen-bond acceptors (Lipinski definition) is 7. The van der Waals surface area contributed by atoms with Gasteiger partial charge < -0.3 is 25.4 Å². The molecule has 1 unspecified atom stereocenters. The standard InChI is InChI=1S/C24H31ClN6O3/c1-3-34-20(13-32)24-29-18-9-19(23(26)30-33)28-21(16-8-17(25)11-27-10-16)22(18)31(24)12-15-6-4-14(2)5-7-15/h8-11,14-15,20,32-33H,3-7,12-13H2,1-2H3,(H2,26,30)/t14-,15-,20?. The molecule has 3 aromatic rings. The summed E-state index contributed by atoms with van der Waals surface area (Å²) < 4.78 is 7.96. The molecule has 0 amide bonds. The van der Waals surface area contributed by atoms with Crippen molar-refractivity contribution in [1.29, 1.82) is 0 Å². The van der Waals surface area contributed by atoms with Crippen LogP contribution < -0.4 is 5.73 Å². The predicted octanol–water partition coefficient (Wildman–Crippen LogP) is 4.14. The van der Waals surface area contributed by atoms with Crippen LogP contribution in [0, 0.1) is 11.8 Å². The smallest absolute Gasteiger partial charge is 0.188 e. The van der Waals surface area contributed by atoms with Crippen molar-refractivity contribution >= 4 is 28.5 Å². The number of aromatic nitrogens is 4. The van der Waals surface area contributed by atoms with Crippen LogP contribution in [0.4, 0.5) is 0 Å². The van der Waals surface area contributed by atoms with Gasteiger partial charge in [-0.3, -0.25) is 4.98 Å². The number of ether oxygens (including phenoxy) is 1. The molecule has 9 nitrogen and oxygen atoms in total. The summed E-state index contributed by atoms with van der Waals surface area (Å²) in [6.45, 7) is 5.16. The molecule has 1 saturated carbocycles. The van der Waals surface area contributed by atoms with Gasteiger partial charge in [0.1, 0.15) is 17.6 Å². The Morgan fingerprint density at radius 3 is 2.68 bits per heavy atom. The Labute approximate surface area is 203 Å². The number of aliphatic hydroxyl groups is 1. The number of aliphatic hydroxyl groups excluding tert-OH is 1. The monoisotopic (exact) mass is 486 g/mol. The van der Waals surface area contributed by atoms with E-state index in [9.17, 15) is 10.3 Å². The van der Waals surface area contributed by atoms with Gasteiger partial charge in [-0.25, -0.2) is 9.97 Å². The molecule has 1 fully saturated rings. The number of nitrogens with zero attached hydrogens (tertiary/aromatic N) is 5. The maximum absolute atomic E-state index is 10.1. The van der Waals surface area contributed by atoms with E-state index in [1.807, 2.05) is 6.92 Å². The van der Waals surface area contributed by atoms with E-state index in [2.05, 4.69) is 21.6 Å². The van der Waals surface area contributed by atoms with Crippen molar-refractivity contribution < 1.29 is 15.1 Å². The van der Waals surface area contributed by atoms with Gasteiger partial charge in [0.25, 0.3) is 0 Å². The van der Waals surface area contributed by atoms with Crippen LogP contribution in [-0.2, 0) is 11.3 Å². The maximum Gasteiger partial charge on any atom is 0.188 e. The number of fused-ring (bicyclic) bond motifs is 1. The van der Waals surface area contributed by atoms with Crippen molar-refractivity contribution in [3.8, 4) is 11.3 Å². The van der Waals surface area contributed by atoms with Crippen molar-refractivity contribution in [2.45, 2.75) is 52.2 Å². The predicted molar refractivity (Wildman–Crippen MR) is 131 cm³/mol. The van der Waals surface area contributed by atoms with E-state index < -0.39 is 6.10 Å². The highest BCUT2D eigenvalue weighted by atomic mass is 35.5. The van der Waals surface area contributed by atoms with Gasteiger partial charge in [-0.15, -0.1) is 0 Å². The van der Waals surface area contributed by atoms with Crippen LogP contribution in [0.5, 0.6) is 0 Å². The normalized spacial score (nSPS) is 20.1. The first-order valence-corrected chi connectivity index (χ1v) is 12.0. The lowest BCUT2D eigenvalue weighted by Crippen LogP contribution is -2.22. The summed E-state index contributed by atoms with van der Waals surface area (Å²) in [5.74, 6) is 1.72. The summed E-state index contributed by atoms with van der Waals surface area (Å²) in [6.07, 6.45) is 7.28. The van der Waals surface area contributed by atoms with E-state index in [4.69, 9.17) is 32.0 Å². The second-order valence-corrected chi connectivity index (χ2v) is 9.37. The van der Waals surface area contributed by atoms with Gasteiger partial charge in [0.05, 0.1) is 28.4 Å². The molecule has 0 bridgehead atoms. The lowest BCUT2D eigenvalue weighted by atomic mass is 9.83. The fraction of sp³-hybridized carbons (Fsp3) is 0.500. The van der Waals surface area contributed by atoms with E-state index in [1.54, 1.807) is 24.5 Å². The highest BCUT2D eigenvalue weighted by Gasteiger charge is 2.27. The fourth-order valence-corrected chi connectivity index (χ4v) is 4.88. The molecule has 0 aliphatic heterocycles. The van der Waals surface area contributed by atoms with Gasteiger partial charge in [-0.05, 0) is 43.7 Å². The molecular weight excluding hydrogens is 456 g/mol. The molecule has 0 spiro atoms. The minimum Gasteiger partial charge on any atom is -0.409 e. The second-order valence-electron chi connectivity index (χ2n) is 8.93. The molecule has 10 heteroatoms. The molecule has 4 rings (SSSR count). The van der Waals surface area contributed by atoms with E-state index in [0.29, 0.717) is 40.1 Å². The van der Waals surface area contributed by atoms with Gasteiger partial charge in [0.2, 0.25) is 0 Å². The van der Waals surface area contributed by atoms with E-state index in [-0.39, 0.29) is 18.1 Å². The van der Waals surface area contributed by atoms with E-state index >= 15 is 0 Å². The van der Waals surface area contributed by atoms with Crippen molar-refractivity contribution in [1.82, 2.24) is 19.5 Å². The molecule has 182 valence electrons. The molecule has 1 aliphatic rings. The van der Waals surface area contributed by atoms with Crippen molar-refractivity contribution in [3.63, 3.8) is 0 Å². The fourth-order valence-electron chi connectivity index (χ4n) is 4.71. The zero-order chi connectivity index (χ0) is 24.2. The first kappa shape index (κ1) is 24.4. The van der Waals surface area contributed by atoms with Crippen molar-refractivity contribution in [2.24, 2.45) is 22.7 Å². The number of amidine groups is 1. The van der Waals surface area contributed by atoms with Crippen LogP contribution >= 0.6 is 11.6 Å². The maximum atomic E-state index is 10.1. The lowest BCUT2D eigenvalue weighted by molar-refractivity contribution is 0.0109. The van der Waals surface area contributed by atoms with Gasteiger partial charge in [-0.1, -0.05) is 36.5 Å². The van der Waals surface area contributed by atoms with Crippen LogP contribution in [0.15, 0.2) is 29.7 Å².